The first-order valence-electron chi connectivity index (χ1n) is 6.52. The van der Waals surface area contributed by atoms with Crippen LogP contribution in [0.3, 0.4) is 0 Å². The first-order chi connectivity index (χ1) is 9.25. The van der Waals surface area contributed by atoms with E-state index < -0.39 is 0 Å². The summed E-state index contributed by atoms with van der Waals surface area (Å²) in [5.41, 5.74) is 3.83. The zero-order valence-corrected chi connectivity index (χ0v) is 14.3. The van der Waals surface area contributed by atoms with E-state index in [0.717, 1.165) is 24.0 Å². The zero-order valence-electron chi connectivity index (χ0n) is 11.0. The van der Waals surface area contributed by atoms with Crippen LogP contribution in [0.4, 0.5) is 0 Å². The number of phenolic OH excluding ortho intramolecular Hbond substituents is 1. The highest BCUT2D eigenvalue weighted by Gasteiger charge is 2.21. The van der Waals surface area contributed by atoms with Gasteiger partial charge in [-0.05, 0) is 57.7 Å². The van der Waals surface area contributed by atoms with Gasteiger partial charge in [-0.15, -0.1) is 17.0 Å². The lowest BCUT2D eigenvalue weighted by molar-refractivity contribution is 0.470. The molecule has 2 aromatic carbocycles. The average Bonchev–Trinajstić information content (AvgIpc) is 2.63. The Morgan fingerprint density at radius 2 is 1.90 bits per heavy atom. The minimum absolute atomic E-state index is 0. The summed E-state index contributed by atoms with van der Waals surface area (Å²) in [4.78, 5) is 0. The first kappa shape index (κ1) is 15.5. The second-order valence-electron chi connectivity index (χ2n) is 4.92. The van der Waals surface area contributed by atoms with Gasteiger partial charge in [0.15, 0.2) is 0 Å². The van der Waals surface area contributed by atoms with Crippen molar-refractivity contribution in [3.63, 3.8) is 0 Å². The molecule has 0 spiro atoms. The highest BCUT2D eigenvalue weighted by Crippen LogP contribution is 2.35. The Kier molecular flexibility index (Phi) is 5.24. The number of benzene rings is 2. The van der Waals surface area contributed by atoms with Crippen molar-refractivity contribution in [2.75, 3.05) is 13.1 Å². The van der Waals surface area contributed by atoms with Gasteiger partial charge in [0.1, 0.15) is 5.75 Å². The Bertz CT molecular complexity index is 587. The van der Waals surface area contributed by atoms with Crippen LogP contribution >= 0.6 is 32.9 Å². The van der Waals surface area contributed by atoms with Gasteiger partial charge < -0.3 is 10.4 Å². The lowest BCUT2D eigenvalue weighted by atomic mass is 9.88. The number of aromatic hydroxyl groups is 1. The van der Waals surface area contributed by atoms with Gasteiger partial charge in [-0.3, -0.25) is 0 Å². The van der Waals surface area contributed by atoms with Gasteiger partial charge in [-0.25, -0.2) is 0 Å². The summed E-state index contributed by atoms with van der Waals surface area (Å²) in [6.07, 6.45) is 0.998. The predicted octanol–water partition coefficient (Wildman–Crippen LogP) is 4.01. The van der Waals surface area contributed by atoms with Crippen LogP contribution in [0.2, 0.25) is 0 Å². The highest BCUT2D eigenvalue weighted by atomic mass is 79.9. The van der Waals surface area contributed by atoms with Crippen LogP contribution in [0.15, 0.2) is 46.9 Å². The molecular formula is C16H17Br2NO. The minimum atomic E-state index is 0. The third-order valence-corrected chi connectivity index (χ3v) is 4.34. The number of phenols is 1. The van der Waals surface area contributed by atoms with Crippen molar-refractivity contribution in [1.29, 1.82) is 0 Å². The van der Waals surface area contributed by atoms with E-state index in [1.807, 2.05) is 18.2 Å². The maximum atomic E-state index is 9.96. The predicted molar refractivity (Wildman–Crippen MR) is 91.0 cm³/mol. The van der Waals surface area contributed by atoms with E-state index in [1.165, 1.54) is 16.7 Å². The van der Waals surface area contributed by atoms with Gasteiger partial charge >= 0.3 is 0 Å². The van der Waals surface area contributed by atoms with Gasteiger partial charge in [0, 0.05) is 12.5 Å². The summed E-state index contributed by atoms with van der Waals surface area (Å²) in [6, 6.07) is 14.4. The van der Waals surface area contributed by atoms with E-state index in [4.69, 9.17) is 0 Å². The Labute approximate surface area is 138 Å². The third-order valence-electron chi connectivity index (χ3n) is 3.71. The lowest BCUT2D eigenvalue weighted by Crippen LogP contribution is -2.20. The molecule has 0 bridgehead atoms. The van der Waals surface area contributed by atoms with Crippen molar-refractivity contribution in [3.8, 4) is 5.75 Å². The molecule has 106 valence electrons. The smallest absolute Gasteiger partial charge is 0.130 e. The molecule has 1 aliphatic heterocycles. The molecule has 0 saturated carbocycles. The van der Waals surface area contributed by atoms with Crippen molar-refractivity contribution in [1.82, 2.24) is 5.32 Å². The largest absolute Gasteiger partial charge is 0.507 e. The summed E-state index contributed by atoms with van der Waals surface area (Å²) < 4.78 is 0.778. The van der Waals surface area contributed by atoms with Gasteiger partial charge in [-0.2, -0.15) is 0 Å². The van der Waals surface area contributed by atoms with E-state index in [-0.39, 0.29) is 17.0 Å². The number of nitrogens with one attached hydrogen (secondary N) is 1. The Morgan fingerprint density at radius 1 is 1.15 bits per heavy atom. The average molecular weight is 399 g/mol. The van der Waals surface area contributed by atoms with Crippen molar-refractivity contribution >= 4 is 32.9 Å². The van der Waals surface area contributed by atoms with Crippen LogP contribution in [0.25, 0.3) is 0 Å². The van der Waals surface area contributed by atoms with E-state index in [0.29, 0.717) is 11.7 Å². The van der Waals surface area contributed by atoms with Crippen molar-refractivity contribution < 1.29 is 5.11 Å². The molecule has 0 fully saturated rings. The molecule has 0 amide bonds. The van der Waals surface area contributed by atoms with Gasteiger partial charge in [0.05, 0.1) is 4.47 Å². The summed E-state index contributed by atoms with van der Waals surface area (Å²) in [5, 5.41) is 13.4. The van der Waals surface area contributed by atoms with Crippen molar-refractivity contribution in [3.05, 3.63) is 63.6 Å². The summed E-state index contributed by atoms with van der Waals surface area (Å²) in [6.45, 7) is 1.89. The SMILES string of the molecule is Br.Oc1cc2c(cc1Br)CCNCC2c1ccccc1. The fourth-order valence-electron chi connectivity index (χ4n) is 2.72. The second-order valence-corrected chi connectivity index (χ2v) is 5.77. The van der Waals surface area contributed by atoms with Crippen LogP contribution in [0.5, 0.6) is 5.75 Å². The van der Waals surface area contributed by atoms with E-state index in [9.17, 15) is 5.11 Å². The monoisotopic (exact) mass is 397 g/mol. The topological polar surface area (TPSA) is 32.3 Å². The molecule has 0 aliphatic carbocycles. The molecule has 0 radical (unpaired) electrons. The van der Waals surface area contributed by atoms with Crippen molar-refractivity contribution in [2.24, 2.45) is 0 Å². The second kappa shape index (κ2) is 6.74. The summed E-state index contributed by atoms with van der Waals surface area (Å²) in [5.74, 6) is 0.624. The maximum absolute atomic E-state index is 9.96. The number of rotatable bonds is 1. The number of halogens is 2. The quantitative estimate of drug-likeness (QED) is 0.760. The van der Waals surface area contributed by atoms with Crippen molar-refractivity contribution in [2.45, 2.75) is 12.3 Å². The number of hydrogen-bond acceptors (Lipinski definition) is 2. The lowest BCUT2D eigenvalue weighted by Gasteiger charge is -2.19. The van der Waals surface area contributed by atoms with Crippen LogP contribution in [-0.2, 0) is 6.42 Å². The minimum Gasteiger partial charge on any atom is -0.507 e. The molecule has 0 saturated heterocycles. The molecule has 4 heteroatoms. The molecule has 0 aromatic heterocycles. The molecule has 1 unspecified atom stereocenters. The fraction of sp³-hybridized carbons (Fsp3) is 0.250. The summed E-state index contributed by atoms with van der Waals surface area (Å²) in [7, 11) is 0. The highest BCUT2D eigenvalue weighted by molar-refractivity contribution is 9.10. The van der Waals surface area contributed by atoms with Gasteiger partial charge in [-0.1, -0.05) is 30.3 Å². The van der Waals surface area contributed by atoms with E-state index in [2.05, 4.69) is 45.5 Å². The maximum Gasteiger partial charge on any atom is 0.130 e. The van der Waals surface area contributed by atoms with E-state index in [1.54, 1.807) is 0 Å². The molecule has 2 N–H and O–H groups in total. The zero-order chi connectivity index (χ0) is 13.2. The van der Waals surface area contributed by atoms with Crippen LogP contribution in [-0.4, -0.2) is 18.2 Å². The molecule has 1 atom stereocenters. The van der Waals surface area contributed by atoms with E-state index >= 15 is 0 Å². The third kappa shape index (κ3) is 3.08. The first-order valence-corrected chi connectivity index (χ1v) is 7.32. The van der Waals surface area contributed by atoms with Gasteiger partial charge in [0.25, 0.3) is 0 Å². The Morgan fingerprint density at radius 3 is 2.65 bits per heavy atom. The molecule has 3 rings (SSSR count). The van der Waals surface area contributed by atoms with Crippen LogP contribution in [0, 0.1) is 0 Å². The number of hydrogen-bond donors (Lipinski definition) is 2. The van der Waals surface area contributed by atoms with Gasteiger partial charge in [0.2, 0.25) is 0 Å². The standard InChI is InChI=1S/C16H16BrNO.BrH/c17-15-8-12-6-7-18-10-14(13(12)9-16(15)19)11-4-2-1-3-5-11;/h1-5,8-9,14,18-19H,6-7,10H2;1H. The summed E-state index contributed by atoms with van der Waals surface area (Å²) >= 11 is 3.41. The fourth-order valence-corrected chi connectivity index (χ4v) is 3.11. The number of fused-ring (bicyclic) bond motifs is 1. The molecule has 2 aromatic rings. The molecule has 1 aliphatic rings. The van der Waals surface area contributed by atoms with Crippen LogP contribution in [0.1, 0.15) is 22.6 Å². The van der Waals surface area contributed by atoms with Crippen LogP contribution < -0.4 is 5.32 Å². The molecule has 1 heterocycles. The Balaban J connectivity index is 0.00000147. The molecule has 20 heavy (non-hydrogen) atoms. The Hall–Kier alpha value is -0.840. The molecule has 2 nitrogen and oxygen atoms in total. The molecular weight excluding hydrogens is 382 g/mol. The normalized spacial score (nSPS) is 17.8.